The molecule has 6 heteroatoms. The summed E-state index contributed by atoms with van der Waals surface area (Å²) in [4.78, 5) is 15.8. The third-order valence-corrected chi connectivity index (χ3v) is 4.49. The molecule has 1 N–H and O–H groups in total. The molecule has 106 valence electrons. The van der Waals surface area contributed by atoms with E-state index in [1.54, 1.807) is 28.6 Å². The van der Waals surface area contributed by atoms with Crippen molar-refractivity contribution in [3.8, 4) is 0 Å². The Bertz CT molecular complexity index is 529. The van der Waals surface area contributed by atoms with E-state index in [2.05, 4.69) is 10.3 Å². The van der Waals surface area contributed by atoms with E-state index in [0.29, 0.717) is 12.3 Å². The van der Waals surface area contributed by atoms with Crippen LogP contribution in [0, 0.1) is 0 Å². The minimum atomic E-state index is 0.0687. The second-order valence-corrected chi connectivity index (χ2v) is 6.34. The van der Waals surface area contributed by atoms with Crippen LogP contribution in [0.3, 0.4) is 0 Å². The van der Waals surface area contributed by atoms with E-state index in [4.69, 9.17) is 11.6 Å². The largest absolute Gasteiger partial charge is 0.355 e. The third kappa shape index (κ3) is 5.53. The number of carbonyl (C=O) groups excluding carboxylic acids is 1. The highest BCUT2D eigenvalue weighted by molar-refractivity contribution is 7.99. The highest BCUT2D eigenvalue weighted by atomic mass is 35.5. The number of benzene rings is 1. The van der Waals surface area contributed by atoms with Gasteiger partial charge in [0.15, 0.2) is 0 Å². The van der Waals surface area contributed by atoms with Crippen LogP contribution in [0.25, 0.3) is 0 Å². The Morgan fingerprint density at radius 1 is 1.35 bits per heavy atom. The molecule has 3 nitrogen and oxygen atoms in total. The van der Waals surface area contributed by atoms with Gasteiger partial charge in [0.2, 0.25) is 5.91 Å². The Labute approximate surface area is 131 Å². The summed E-state index contributed by atoms with van der Waals surface area (Å²) in [7, 11) is 0. The van der Waals surface area contributed by atoms with E-state index in [1.807, 2.05) is 29.6 Å². The lowest BCUT2D eigenvalue weighted by Crippen LogP contribution is -2.27. The highest BCUT2D eigenvalue weighted by Gasteiger charge is 2.02. The third-order valence-electron chi connectivity index (χ3n) is 2.60. The monoisotopic (exact) mass is 326 g/mol. The van der Waals surface area contributed by atoms with Gasteiger partial charge in [-0.3, -0.25) is 4.79 Å². The van der Waals surface area contributed by atoms with Crippen molar-refractivity contribution in [3.63, 3.8) is 0 Å². The number of rotatable bonds is 7. The zero-order valence-corrected chi connectivity index (χ0v) is 13.2. The molecule has 0 aliphatic carbocycles. The summed E-state index contributed by atoms with van der Waals surface area (Å²) in [5, 5.41) is 5.64. The Kier molecular flexibility index (Phi) is 6.36. The van der Waals surface area contributed by atoms with Crippen molar-refractivity contribution in [1.82, 2.24) is 10.3 Å². The fraction of sp³-hybridized carbons (Fsp3) is 0.286. The van der Waals surface area contributed by atoms with Gasteiger partial charge in [-0.1, -0.05) is 23.7 Å². The first-order valence-corrected chi connectivity index (χ1v) is 8.67. The van der Waals surface area contributed by atoms with Crippen LogP contribution in [-0.4, -0.2) is 23.2 Å². The summed E-state index contributed by atoms with van der Waals surface area (Å²) in [6.07, 6.45) is 0.789. The van der Waals surface area contributed by atoms with Crippen LogP contribution in [0.5, 0.6) is 0 Å². The molecular weight excluding hydrogens is 312 g/mol. The predicted octanol–water partition coefficient (Wildman–Crippen LogP) is 3.39. The fourth-order valence-corrected chi connectivity index (χ4v) is 3.12. The molecule has 2 aromatic rings. The molecule has 2 rings (SSSR count). The van der Waals surface area contributed by atoms with Crippen molar-refractivity contribution in [1.29, 1.82) is 0 Å². The fourth-order valence-electron chi connectivity index (χ4n) is 1.58. The second kappa shape index (κ2) is 8.29. The summed E-state index contributed by atoms with van der Waals surface area (Å²) in [6, 6.07) is 7.70. The summed E-state index contributed by atoms with van der Waals surface area (Å²) < 4.78 is 0. The molecule has 1 heterocycles. The first-order valence-electron chi connectivity index (χ1n) is 6.20. The molecule has 0 bridgehead atoms. The minimum absolute atomic E-state index is 0.0687. The van der Waals surface area contributed by atoms with Crippen LogP contribution in [0.4, 0.5) is 0 Å². The Morgan fingerprint density at radius 3 is 2.85 bits per heavy atom. The zero-order valence-electron chi connectivity index (χ0n) is 10.8. The van der Waals surface area contributed by atoms with Crippen LogP contribution in [0.15, 0.2) is 35.2 Å². The molecule has 0 saturated carbocycles. The number of thioether (sulfide) groups is 1. The molecule has 1 amide bonds. The van der Waals surface area contributed by atoms with Gasteiger partial charge >= 0.3 is 0 Å². The summed E-state index contributed by atoms with van der Waals surface area (Å²) >= 11 is 8.99. The van der Waals surface area contributed by atoms with Crippen LogP contribution < -0.4 is 5.32 Å². The Balaban J connectivity index is 1.59. The van der Waals surface area contributed by atoms with Gasteiger partial charge in [-0.2, -0.15) is 0 Å². The molecule has 0 aliphatic rings. The highest BCUT2D eigenvalue weighted by Crippen LogP contribution is 2.15. The first-order chi connectivity index (χ1) is 9.74. The van der Waals surface area contributed by atoms with Gasteiger partial charge in [0.05, 0.1) is 17.0 Å². The van der Waals surface area contributed by atoms with E-state index >= 15 is 0 Å². The van der Waals surface area contributed by atoms with Crippen LogP contribution >= 0.6 is 34.7 Å². The molecule has 1 aromatic carbocycles. The SMILES string of the molecule is O=C(CSCc1ccc(Cl)cc1)NCCc1cscn1. The Morgan fingerprint density at radius 2 is 2.15 bits per heavy atom. The molecule has 0 saturated heterocycles. The van der Waals surface area contributed by atoms with Crippen molar-refractivity contribution in [2.75, 3.05) is 12.3 Å². The number of nitrogens with zero attached hydrogens (tertiary/aromatic N) is 1. The molecule has 0 radical (unpaired) electrons. The molecule has 0 spiro atoms. The van der Waals surface area contributed by atoms with Crippen molar-refractivity contribution >= 4 is 40.6 Å². The first kappa shape index (κ1) is 15.4. The number of aromatic nitrogens is 1. The van der Waals surface area contributed by atoms with Crippen LogP contribution in [-0.2, 0) is 17.0 Å². The van der Waals surface area contributed by atoms with Crippen molar-refractivity contribution < 1.29 is 4.79 Å². The zero-order chi connectivity index (χ0) is 14.2. The molecular formula is C14H15ClN2OS2. The van der Waals surface area contributed by atoms with Gasteiger partial charge in [-0.25, -0.2) is 4.98 Å². The molecule has 1 aromatic heterocycles. The summed E-state index contributed by atoms with van der Waals surface area (Å²) in [6.45, 7) is 0.643. The van der Waals surface area contributed by atoms with Gasteiger partial charge in [0, 0.05) is 29.1 Å². The van der Waals surface area contributed by atoms with Gasteiger partial charge in [0.25, 0.3) is 0 Å². The topological polar surface area (TPSA) is 42.0 Å². The predicted molar refractivity (Wildman–Crippen MR) is 86.4 cm³/mol. The number of halogens is 1. The van der Waals surface area contributed by atoms with E-state index in [0.717, 1.165) is 22.9 Å². The van der Waals surface area contributed by atoms with Crippen LogP contribution in [0.1, 0.15) is 11.3 Å². The number of amides is 1. The smallest absolute Gasteiger partial charge is 0.230 e. The standard InChI is InChI=1S/C14H15ClN2OS2/c15-12-3-1-11(2-4-12)7-19-9-14(18)16-6-5-13-8-20-10-17-13/h1-4,8,10H,5-7,9H2,(H,16,18). The van der Waals surface area contributed by atoms with Gasteiger partial charge < -0.3 is 5.32 Å². The maximum absolute atomic E-state index is 11.6. The molecule has 0 aliphatic heterocycles. The van der Waals surface area contributed by atoms with E-state index in [1.165, 1.54) is 5.56 Å². The Hall–Kier alpha value is -1.04. The number of hydrogen-bond donors (Lipinski definition) is 1. The van der Waals surface area contributed by atoms with E-state index < -0.39 is 0 Å². The quantitative estimate of drug-likeness (QED) is 0.848. The lowest BCUT2D eigenvalue weighted by Gasteiger charge is -2.04. The van der Waals surface area contributed by atoms with Crippen molar-refractivity contribution in [2.45, 2.75) is 12.2 Å². The normalized spacial score (nSPS) is 10.4. The summed E-state index contributed by atoms with van der Waals surface area (Å²) in [5.41, 5.74) is 4.01. The van der Waals surface area contributed by atoms with E-state index in [9.17, 15) is 4.79 Å². The maximum Gasteiger partial charge on any atom is 0.230 e. The van der Waals surface area contributed by atoms with Crippen molar-refractivity contribution in [3.05, 3.63) is 51.4 Å². The van der Waals surface area contributed by atoms with Crippen molar-refractivity contribution in [2.24, 2.45) is 0 Å². The second-order valence-electron chi connectivity index (χ2n) is 4.20. The maximum atomic E-state index is 11.6. The molecule has 0 unspecified atom stereocenters. The summed E-state index contributed by atoms with van der Waals surface area (Å²) in [5.74, 6) is 1.36. The minimum Gasteiger partial charge on any atom is -0.355 e. The lowest BCUT2D eigenvalue weighted by atomic mass is 10.2. The van der Waals surface area contributed by atoms with Gasteiger partial charge in [0.1, 0.15) is 0 Å². The lowest BCUT2D eigenvalue weighted by molar-refractivity contribution is -0.118. The van der Waals surface area contributed by atoms with E-state index in [-0.39, 0.29) is 5.91 Å². The number of hydrogen-bond acceptors (Lipinski definition) is 4. The van der Waals surface area contributed by atoms with Gasteiger partial charge in [-0.15, -0.1) is 23.1 Å². The number of thiazole rings is 1. The van der Waals surface area contributed by atoms with Crippen LogP contribution in [0.2, 0.25) is 5.02 Å². The average molecular weight is 327 g/mol. The molecule has 0 fully saturated rings. The number of carbonyl (C=O) groups is 1. The number of nitrogens with one attached hydrogen (secondary N) is 1. The van der Waals surface area contributed by atoms with Gasteiger partial charge in [-0.05, 0) is 17.7 Å². The molecule has 0 atom stereocenters. The average Bonchev–Trinajstić information content (AvgIpc) is 2.94. The molecule has 20 heavy (non-hydrogen) atoms.